The average molecular weight is 432 g/mol. The van der Waals surface area contributed by atoms with Crippen LogP contribution < -0.4 is 5.32 Å². The largest absolute Gasteiger partial charge is 0.324 e. The van der Waals surface area contributed by atoms with Crippen LogP contribution in [0.15, 0.2) is 79.3 Å². The molecule has 3 aromatic heterocycles. The van der Waals surface area contributed by atoms with Crippen LogP contribution in [0.5, 0.6) is 0 Å². The number of benzene rings is 2. The Balaban J connectivity index is 1.51. The van der Waals surface area contributed by atoms with Crippen molar-refractivity contribution in [3.63, 3.8) is 0 Å². The van der Waals surface area contributed by atoms with E-state index in [0.717, 1.165) is 27.7 Å². The number of carbonyl (C=O) groups excluding carboxylic acids is 1. The first kappa shape index (κ1) is 20.2. The normalized spacial score (nSPS) is 10.8. The zero-order valence-corrected chi connectivity index (χ0v) is 18.1. The van der Waals surface area contributed by atoms with Gasteiger partial charge in [0.05, 0.1) is 11.7 Å². The predicted molar refractivity (Wildman–Crippen MR) is 127 cm³/mol. The lowest BCUT2D eigenvalue weighted by Crippen LogP contribution is -2.16. The van der Waals surface area contributed by atoms with E-state index in [1.807, 2.05) is 79.3 Å². The van der Waals surface area contributed by atoms with Crippen LogP contribution in [-0.2, 0) is 0 Å². The van der Waals surface area contributed by atoms with Gasteiger partial charge in [-0.3, -0.25) is 4.79 Å². The van der Waals surface area contributed by atoms with E-state index >= 15 is 0 Å². The maximum absolute atomic E-state index is 13.0. The molecule has 2 aromatic carbocycles. The Morgan fingerprint density at radius 1 is 1.00 bits per heavy atom. The first-order chi connectivity index (χ1) is 16.0. The zero-order valence-electron chi connectivity index (χ0n) is 18.1. The van der Waals surface area contributed by atoms with Crippen LogP contribution in [0.1, 0.15) is 27.0 Å². The second-order valence-corrected chi connectivity index (χ2v) is 7.79. The van der Waals surface area contributed by atoms with E-state index in [0.29, 0.717) is 11.4 Å². The third kappa shape index (κ3) is 3.64. The molecule has 0 radical (unpaired) electrons. The summed E-state index contributed by atoms with van der Waals surface area (Å²) in [6.45, 7) is 4.01. The highest BCUT2D eigenvalue weighted by atomic mass is 16.1. The molecule has 0 atom stereocenters. The van der Waals surface area contributed by atoms with Crippen molar-refractivity contribution in [3.8, 4) is 17.6 Å². The summed E-state index contributed by atoms with van der Waals surface area (Å²) >= 11 is 0. The minimum atomic E-state index is -0.332. The molecule has 0 spiro atoms. The summed E-state index contributed by atoms with van der Waals surface area (Å²) in [5, 5.41) is 17.8. The number of aromatic nitrogens is 4. The van der Waals surface area contributed by atoms with Crippen molar-refractivity contribution in [2.75, 3.05) is 5.32 Å². The number of hydrogen-bond acceptors (Lipinski definition) is 4. The van der Waals surface area contributed by atoms with Gasteiger partial charge in [-0.2, -0.15) is 15.0 Å². The van der Waals surface area contributed by atoms with E-state index in [2.05, 4.69) is 16.5 Å². The molecule has 7 nitrogen and oxygen atoms in total. The SMILES string of the molecule is Cc1cc(-n2ncc(C#N)c2NC(=O)c2ccc(-n3cccc3)cc2)nc2c(C)cccc12. The van der Waals surface area contributed by atoms with Crippen LogP contribution in [0.3, 0.4) is 0 Å². The monoisotopic (exact) mass is 432 g/mol. The fourth-order valence-electron chi connectivity index (χ4n) is 3.85. The number of para-hydroxylation sites is 1. The van der Waals surface area contributed by atoms with Crippen LogP contribution in [-0.4, -0.2) is 25.2 Å². The molecule has 0 unspecified atom stereocenters. The molecule has 0 saturated heterocycles. The lowest BCUT2D eigenvalue weighted by atomic mass is 10.1. The first-order valence-electron chi connectivity index (χ1n) is 10.5. The third-order valence-corrected chi connectivity index (χ3v) is 5.61. The number of rotatable bonds is 4. The molecule has 0 saturated carbocycles. The van der Waals surface area contributed by atoms with E-state index in [1.54, 1.807) is 12.1 Å². The molecule has 0 bridgehead atoms. The predicted octanol–water partition coefficient (Wildman–Crippen LogP) is 4.95. The number of nitriles is 1. The summed E-state index contributed by atoms with van der Waals surface area (Å²) in [5.74, 6) is 0.492. The number of fused-ring (bicyclic) bond motifs is 1. The van der Waals surface area contributed by atoms with E-state index in [1.165, 1.54) is 10.9 Å². The molecule has 1 N–H and O–H groups in total. The Morgan fingerprint density at radius 3 is 2.48 bits per heavy atom. The molecule has 3 heterocycles. The fourth-order valence-corrected chi connectivity index (χ4v) is 3.85. The summed E-state index contributed by atoms with van der Waals surface area (Å²) in [7, 11) is 0. The van der Waals surface area contributed by atoms with Gasteiger partial charge in [0.25, 0.3) is 5.91 Å². The molecular weight excluding hydrogens is 412 g/mol. The van der Waals surface area contributed by atoms with E-state index in [4.69, 9.17) is 4.98 Å². The Labute approximate surface area is 190 Å². The molecule has 33 heavy (non-hydrogen) atoms. The van der Waals surface area contributed by atoms with Gasteiger partial charge in [-0.25, -0.2) is 4.98 Å². The molecule has 7 heteroatoms. The highest BCUT2D eigenvalue weighted by Gasteiger charge is 2.18. The van der Waals surface area contributed by atoms with E-state index in [9.17, 15) is 10.1 Å². The summed E-state index contributed by atoms with van der Waals surface area (Å²) < 4.78 is 3.46. The second kappa shape index (κ2) is 8.09. The van der Waals surface area contributed by atoms with Crippen LogP contribution >= 0.6 is 0 Å². The number of hydrogen-bond donors (Lipinski definition) is 1. The molecule has 0 aliphatic rings. The highest BCUT2D eigenvalue weighted by molar-refractivity contribution is 6.04. The maximum Gasteiger partial charge on any atom is 0.256 e. The van der Waals surface area contributed by atoms with Crippen molar-refractivity contribution in [3.05, 3.63) is 102 Å². The molecule has 1 amide bonds. The number of carbonyl (C=O) groups is 1. The van der Waals surface area contributed by atoms with Crippen molar-refractivity contribution in [1.29, 1.82) is 5.26 Å². The molecule has 5 rings (SSSR count). The topological polar surface area (TPSA) is 88.5 Å². The average Bonchev–Trinajstić information content (AvgIpc) is 3.50. The third-order valence-electron chi connectivity index (χ3n) is 5.61. The maximum atomic E-state index is 13.0. The number of aryl methyl sites for hydroxylation is 2. The van der Waals surface area contributed by atoms with Crippen molar-refractivity contribution < 1.29 is 4.79 Å². The molecule has 0 fully saturated rings. The summed E-state index contributed by atoms with van der Waals surface area (Å²) in [6.07, 6.45) is 5.31. The van der Waals surface area contributed by atoms with Crippen LogP contribution in [0.25, 0.3) is 22.4 Å². The smallest absolute Gasteiger partial charge is 0.256 e. The summed E-state index contributed by atoms with van der Waals surface area (Å²) in [5.41, 5.74) is 4.62. The minimum Gasteiger partial charge on any atom is -0.324 e. The first-order valence-corrected chi connectivity index (χ1v) is 10.5. The van der Waals surface area contributed by atoms with Crippen molar-refractivity contribution in [2.45, 2.75) is 13.8 Å². The number of amides is 1. The van der Waals surface area contributed by atoms with Crippen LogP contribution in [0.2, 0.25) is 0 Å². The van der Waals surface area contributed by atoms with E-state index < -0.39 is 0 Å². The van der Waals surface area contributed by atoms with Gasteiger partial charge in [-0.05, 0) is 67.4 Å². The summed E-state index contributed by atoms with van der Waals surface area (Å²) in [4.78, 5) is 17.8. The Hall–Kier alpha value is -4.70. The van der Waals surface area contributed by atoms with Crippen LogP contribution in [0, 0.1) is 25.2 Å². The quantitative estimate of drug-likeness (QED) is 0.435. The van der Waals surface area contributed by atoms with Gasteiger partial charge >= 0.3 is 0 Å². The Morgan fingerprint density at radius 2 is 1.76 bits per heavy atom. The summed E-state index contributed by atoms with van der Waals surface area (Å²) in [6, 6.07) is 21.2. The Bertz CT molecular complexity index is 1520. The van der Waals surface area contributed by atoms with Gasteiger partial charge in [0.2, 0.25) is 0 Å². The van der Waals surface area contributed by atoms with Gasteiger partial charge < -0.3 is 9.88 Å². The van der Waals surface area contributed by atoms with Gasteiger partial charge in [0.15, 0.2) is 11.6 Å². The van der Waals surface area contributed by atoms with Gasteiger partial charge in [0.1, 0.15) is 11.6 Å². The van der Waals surface area contributed by atoms with Crippen molar-refractivity contribution >= 4 is 22.6 Å². The van der Waals surface area contributed by atoms with E-state index in [-0.39, 0.29) is 17.3 Å². The zero-order chi connectivity index (χ0) is 22.9. The number of pyridine rings is 1. The number of nitrogens with zero attached hydrogens (tertiary/aromatic N) is 5. The number of anilines is 1. The van der Waals surface area contributed by atoms with Crippen LogP contribution in [0.4, 0.5) is 5.82 Å². The minimum absolute atomic E-state index is 0.261. The lowest BCUT2D eigenvalue weighted by molar-refractivity contribution is 0.102. The van der Waals surface area contributed by atoms with Gasteiger partial charge in [-0.15, -0.1) is 0 Å². The fraction of sp³-hybridized carbons (Fsp3) is 0.0769. The molecule has 160 valence electrons. The molecule has 5 aromatic rings. The van der Waals surface area contributed by atoms with Gasteiger partial charge in [-0.1, -0.05) is 18.2 Å². The van der Waals surface area contributed by atoms with Crippen molar-refractivity contribution in [2.24, 2.45) is 0 Å². The number of nitrogens with one attached hydrogen (secondary N) is 1. The lowest BCUT2D eigenvalue weighted by Gasteiger charge is -2.12. The Kier molecular flexibility index (Phi) is 4.96. The van der Waals surface area contributed by atoms with Gasteiger partial charge in [0, 0.05) is 29.0 Å². The highest BCUT2D eigenvalue weighted by Crippen LogP contribution is 2.25. The second-order valence-electron chi connectivity index (χ2n) is 7.79. The molecular formula is C26H20N6O. The molecule has 0 aliphatic carbocycles. The standard InChI is InChI=1S/C26H20N6O/c1-17-6-5-7-22-18(2)14-23(29-24(17)22)32-25(20(15-27)16-28-32)30-26(33)19-8-10-21(11-9-19)31-12-3-4-13-31/h3-14,16H,1-2H3,(H,30,33). The van der Waals surface area contributed by atoms with Crippen molar-refractivity contribution in [1.82, 2.24) is 19.3 Å². The molecule has 0 aliphatic heterocycles.